The molecule has 378 valence electrons. The Kier molecular flexibility index (Phi) is 8.89. The molecule has 6 aliphatic heterocycles. The molecule has 0 bridgehead atoms. The lowest BCUT2D eigenvalue weighted by Crippen LogP contribution is -2.53. The van der Waals surface area contributed by atoms with Gasteiger partial charge in [-0.2, -0.15) is 15.8 Å². The summed E-state index contributed by atoms with van der Waals surface area (Å²) in [6.07, 6.45) is 0. The molecular formula is C75H39B3N6. The molecule has 0 spiro atoms. The van der Waals surface area contributed by atoms with Gasteiger partial charge in [0.2, 0.25) is 20.1 Å². The molecule has 0 N–H and O–H groups in total. The third-order valence-corrected chi connectivity index (χ3v) is 19.3. The van der Waals surface area contributed by atoms with Crippen LogP contribution in [-0.2, 0) is 0 Å². The standard InChI is InChI=1S/3C25H13BN2/c27-14-15-12-13-22-24-23(15)18-7-1-3-9-19(18)26(24)20-10-5-8-17-16-6-2-4-11-21(16)28(22)25(17)20;27-14-15-12-19-16-6-1-3-9-20(16)26-21-10-5-8-18-17-7-2-4-11-22(17)28(25(18)21)23(13-15)24(19)26;27-14-15-6-3-10-19-23(15)18-9-5-13-22-24(18)26(19)20-11-4-8-17-16-7-1-2-12-21(16)28(22)25(17)20/h3*1-13H. The van der Waals surface area contributed by atoms with Gasteiger partial charge in [0, 0.05) is 65.9 Å². The Labute approximate surface area is 483 Å². The molecule has 0 aliphatic carbocycles. The second-order valence-electron chi connectivity index (χ2n) is 23.0. The summed E-state index contributed by atoms with van der Waals surface area (Å²) in [6, 6.07) is 91.3. The second kappa shape index (κ2) is 16.4. The van der Waals surface area contributed by atoms with Crippen LogP contribution in [0.1, 0.15) is 16.7 Å². The normalized spacial score (nSPS) is 12.9. The summed E-state index contributed by atoms with van der Waals surface area (Å²) in [7, 11) is 0. The van der Waals surface area contributed by atoms with Crippen LogP contribution in [0.15, 0.2) is 237 Å². The third kappa shape index (κ3) is 5.55. The first-order valence-electron chi connectivity index (χ1n) is 28.7. The minimum atomic E-state index is 0.190. The topological polar surface area (TPSA) is 86.2 Å². The Morgan fingerprint density at radius 2 is 0.690 bits per heavy atom. The lowest BCUT2D eigenvalue weighted by Gasteiger charge is -2.24. The van der Waals surface area contributed by atoms with Crippen molar-refractivity contribution in [1.29, 1.82) is 15.8 Å². The van der Waals surface area contributed by atoms with Crippen molar-refractivity contribution in [3.8, 4) is 68.7 Å². The van der Waals surface area contributed by atoms with E-state index in [0.717, 1.165) is 33.5 Å². The highest BCUT2D eigenvalue weighted by Crippen LogP contribution is 2.41. The van der Waals surface area contributed by atoms with Crippen LogP contribution < -0.4 is 49.2 Å². The monoisotopic (exact) mass is 1060 g/mol. The van der Waals surface area contributed by atoms with Gasteiger partial charge in [-0.3, -0.25) is 0 Å². The second-order valence-corrected chi connectivity index (χ2v) is 23.0. The minimum Gasteiger partial charge on any atom is -0.310 e. The highest BCUT2D eigenvalue weighted by molar-refractivity contribution is 7.03. The van der Waals surface area contributed by atoms with Gasteiger partial charge < -0.3 is 13.7 Å². The number of nitrogens with zero attached hydrogens (tertiary/aromatic N) is 6. The molecule has 9 heteroatoms. The van der Waals surface area contributed by atoms with Crippen LogP contribution in [0.4, 0.5) is 0 Å². The van der Waals surface area contributed by atoms with Gasteiger partial charge in [-0.25, -0.2) is 0 Å². The minimum absolute atomic E-state index is 0.190. The van der Waals surface area contributed by atoms with E-state index in [9.17, 15) is 15.8 Å². The van der Waals surface area contributed by atoms with Crippen molar-refractivity contribution in [3.63, 3.8) is 0 Å². The molecule has 0 saturated carbocycles. The van der Waals surface area contributed by atoms with Gasteiger partial charge >= 0.3 is 0 Å². The number of hydrogen-bond acceptors (Lipinski definition) is 3. The largest absolute Gasteiger partial charge is 0.310 e. The first-order valence-corrected chi connectivity index (χ1v) is 28.7. The molecule has 21 rings (SSSR count). The van der Waals surface area contributed by atoms with Crippen LogP contribution >= 0.6 is 0 Å². The fourth-order valence-corrected chi connectivity index (χ4v) is 16.4. The van der Waals surface area contributed by atoms with Gasteiger partial charge in [-0.15, -0.1) is 0 Å². The molecule has 84 heavy (non-hydrogen) atoms. The summed E-state index contributed by atoms with van der Waals surface area (Å²) in [5.74, 6) is 0. The van der Waals surface area contributed by atoms with E-state index < -0.39 is 0 Å². The van der Waals surface area contributed by atoms with E-state index in [1.165, 1.54) is 148 Å². The molecule has 6 aliphatic rings. The summed E-state index contributed by atoms with van der Waals surface area (Å²) < 4.78 is 7.21. The van der Waals surface area contributed by atoms with Crippen LogP contribution in [0.2, 0.25) is 0 Å². The quantitative estimate of drug-likeness (QED) is 0.142. The van der Waals surface area contributed by atoms with Gasteiger partial charge in [-0.1, -0.05) is 198 Å². The number of hydrogen-bond donors (Lipinski definition) is 0. The fourth-order valence-electron chi connectivity index (χ4n) is 16.4. The lowest BCUT2D eigenvalue weighted by atomic mass is 9.37. The zero-order valence-corrected chi connectivity index (χ0v) is 44.9. The SMILES string of the molecule is N#Cc1cc2c3c(c1)-n1c4ccccc4c4cccc(c41)B3c1ccccc1-2.N#Cc1ccc2c3c1-c1ccccc1B3c1cccc3c4ccccc4n-2c13.N#Cc1cccc2c1-c1cccc3c1B2c1cccc2c4ccccc4n-3c12. The maximum Gasteiger partial charge on any atom is 0.248 e. The zero-order chi connectivity index (χ0) is 55.2. The maximum absolute atomic E-state index is 9.82. The van der Waals surface area contributed by atoms with E-state index in [4.69, 9.17) is 0 Å². The Hall–Kier alpha value is -11.3. The van der Waals surface area contributed by atoms with Crippen LogP contribution in [0.25, 0.3) is 116 Å². The van der Waals surface area contributed by atoms with E-state index in [2.05, 4.69) is 250 Å². The number of para-hydroxylation sites is 6. The van der Waals surface area contributed by atoms with Gasteiger partial charge in [0.15, 0.2) is 0 Å². The van der Waals surface area contributed by atoms with E-state index in [0.29, 0.717) is 0 Å². The lowest BCUT2D eigenvalue weighted by molar-refractivity contribution is 1.19. The number of benzene rings is 12. The van der Waals surface area contributed by atoms with Gasteiger partial charge in [0.1, 0.15) is 0 Å². The van der Waals surface area contributed by atoms with Crippen LogP contribution in [0, 0.1) is 34.0 Å². The Morgan fingerprint density at radius 1 is 0.274 bits per heavy atom. The summed E-state index contributed by atoms with van der Waals surface area (Å²) in [4.78, 5) is 0. The summed E-state index contributed by atoms with van der Waals surface area (Å²) in [5, 5.41) is 37.0. The molecular weight excluding hydrogens is 1020 g/mol. The fraction of sp³-hybridized carbons (Fsp3) is 0. The predicted molar refractivity (Wildman–Crippen MR) is 347 cm³/mol. The Bertz CT molecular complexity index is 5710. The van der Waals surface area contributed by atoms with Crippen molar-refractivity contribution in [3.05, 3.63) is 253 Å². The maximum atomic E-state index is 9.82. The van der Waals surface area contributed by atoms with Crippen molar-refractivity contribution in [1.82, 2.24) is 13.7 Å². The molecule has 0 unspecified atom stereocenters. The zero-order valence-electron chi connectivity index (χ0n) is 44.9. The molecule has 3 aromatic heterocycles. The first-order chi connectivity index (χ1) is 41.6. The molecule has 12 aromatic carbocycles. The molecule has 0 saturated heterocycles. The first kappa shape index (κ1) is 45.4. The molecule has 0 radical (unpaired) electrons. The number of aromatic nitrogens is 3. The third-order valence-electron chi connectivity index (χ3n) is 19.3. The summed E-state index contributed by atoms with van der Waals surface area (Å²) in [5.41, 5.74) is 32.4. The van der Waals surface area contributed by atoms with Crippen molar-refractivity contribution in [2.24, 2.45) is 0 Å². The summed E-state index contributed by atoms with van der Waals surface area (Å²) in [6.45, 7) is 0.611. The van der Waals surface area contributed by atoms with Gasteiger partial charge in [-0.05, 0) is 121 Å². The van der Waals surface area contributed by atoms with Crippen molar-refractivity contribution < 1.29 is 0 Å². The Balaban J connectivity index is 0.0000000929. The van der Waals surface area contributed by atoms with Crippen LogP contribution in [0.3, 0.4) is 0 Å². The molecule has 9 heterocycles. The van der Waals surface area contributed by atoms with E-state index in [1.54, 1.807) is 0 Å². The molecule has 0 fully saturated rings. The van der Waals surface area contributed by atoms with Crippen LogP contribution in [-0.4, -0.2) is 33.8 Å². The van der Waals surface area contributed by atoms with E-state index in [1.807, 2.05) is 18.2 Å². The smallest absolute Gasteiger partial charge is 0.248 e. The molecule has 0 atom stereocenters. The molecule has 6 nitrogen and oxygen atoms in total. The predicted octanol–water partition coefficient (Wildman–Crippen LogP) is 10.4. The Morgan fingerprint density at radius 3 is 1.29 bits per heavy atom. The van der Waals surface area contributed by atoms with E-state index in [-0.39, 0.29) is 20.1 Å². The number of nitriles is 3. The highest BCUT2D eigenvalue weighted by atomic mass is 15.0. The van der Waals surface area contributed by atoms with Crippen molar-refractivity contribution in [2.45, 2.75) is 0 Å². The van der Waals surface area contributed by atoms with Gasteiger partial charge in [0.25, 0.3) is 0 Å². The molecule has 0 amide bonds. The number of rotatable bonds is 0. The highest BCUT2D eigenvalue weighted by Gasteiger charge is 2.45. The van der Waals surface area contributed by atoms with Crippen molar-refractivity contribution >= 4 is 135 Å². The number of fused-ring (bicyclic) bond motifs is 24. The van der Waals surface area contributed by atoms with E-state index >= 15 is 0 Å². The van der Waals surface area contributed by atoms with Gasteiger partial charge in [0.05, 0.1) is 51.4 Å². The average molecular weight is 1060 g/mol. The van der Waals surface area contributed by atoms with Crippen molar-refractivity contribution in [2.75, 3.05) is 0 Å². The summed E-state index contributed by atoms with van der Waals surface area (Å²) >= 11 is 0. The molecule has 15 aromatic rings. The van der Waals surface area contributed by atoms with Crippen LogP contribution in [0.5, 0.6) is 0 Å². The average Bonchev–Trinajstić information content (AvgIpc) is 1.64.